The van der Waals surface area contributed by atoms with Crippen LogP contribution in [0.4, 0.5) is 5.82 Å². The van der Waals surface area contributed by atoms with Crippen molar-refractivity contribution in [3.05, 3.63) is 76.3 Å². The average Bonchev–Trinajstić information content (AvgIpc) is 3.13. The Labute approximate surface area is 202 Å². The van der Waals surface area contributed by atoms with Gasteiger partial charge >= 0.3 is 0 Å². The summed E-state index contributed by atoms with van der Waals surface area (Å²) in [4.78, 5) is 22.7. The summed E-state index contributed by atoms with van der Waals surface area (Å²) in [6.07, 6.45) is 9.47. The molecule has 0 saturated carbocycles. The van der Waals surface area contributed by atoms with E-state index < -0.39 is 0 Å². The van der Waals surface area contributed by atoms with Crippen LogP contribution in [0.3, 0.4) is 0 Å². The number of carbonyl (C=O) groups excluding carboxylic acids is 1. The van der Waals surface area contributed by atoms with Crippen LogP contribution in [0.1, 0.15) is 48.0 Å². The van der Waals surface area contributed by atoms with Gasteiger partial charge in [-0.05, 0) is 61.9 Å². The molecule has 4 aromatic rings. The number of nitrogens with one attached hydrogen (secondary N) is 1. The summed E-state index contributed by atoms with van der Waals surface area (Å²) in [7, 11) is 0. The summed E-state index contributed by atoms with van der Waals surface area (Å²) >= 11 is 5.98. The van der Waals surface area contributed by atoms with Crippen molar-refractivity contribution in [3.8, 4) is 0 Å². The second-order valence-corrected chi connectivity index (χ2v) is 8.80. The molecule has 1 aliphatic carbocycles. The first-order chi connectivity index (χ1) is 16.6. The van der Waals surface area contributed by atoms with Gasteiger partial charge in [0, 0.05) is 11.6 Å². The van der Waals surface area contributed by atoms with Gasteiger partial charge in [-0.1, -0.05) is 47.5 Å². The number of anilines is 1. The van der Waals surface area contributed by atoms with E-state index >= 15 is 0 Å². The molecule has 2 aromatic carbocycles. The molecule has 2 aromatic heterocycles. The van der Waals surface area contributed by atoms with Gasteiger partial charge in [-0.3, -0.25) is 4.79 Å². The number of carbonyl (C=O) groups is 1. The number of allylic oxidation sites excluding steroid dienone is 1. The zero-order valence-electron chi connectivity index (χ0n) is 18.7. The molecule has 0 aliphatic heterocycles. The number of amides is 1. The quantitative estimate of drug-likeness (QED) is 0.293. The Morgan fingerprint density at radius 3 is 2.62 bits per heavy atom. The highest BCUT2D eigenvalue weighted by Gasteiger charge is 2.24. The fraction of sp³-hybridized carbons (Fsp3) is 0.231. The number of fused-ring (bicyclic) bond motifs is 2. The van der Waals surface area contributed by atoms with Crippen molar-refractivity contribution in [2.24, 2.45) is 5.10 Å². The fourth-order valence-corrected chi connectivity index (χ4v) is 4.34. The third-order valence-corrected chi connectivity index (χ3v) is 6.26. The number of nitrogens with zero attached hydrogens (tertiary/aromatic N) is 4. The molecule has 3 N–H and O–H groups in total. The maximum Gasteiger partial charge on any atom is 0.257 e. The van der Waals surface area contributed by atoms with Crippen LogP contribution in [-0.4, -0.2) is 33.3 Å². The molecule has 34 heavy (non-hydrogen) atoms. The van der Waals surface area contributed by atoms with Gasteiger partial charge in [0.2, 0.25) is 0 Å². The number of halogens is 1. The zero-order valence-corrected chi connectivity index (χ0v) is 19.4. The van der Waals surface area contributed by atoms with Gasteiger partial charge in [0.15, 0.2) is 5.65 Å². The molecule has 7 nitrogen and oxygen atoms in total. The number of nitrogen functional groups attached to an aromatic ring is 1. The third kappa shape index (κ3) is 4.52. The molecule has 0 fully saturated rings. The highest BCUT2D eigenvalue weighted by Crippen LogP contribution is 2.28. The number of para-hydroxylation sites is 2. The van der Waals surface area contributed by atoms with Crippen molar-refractivity contribution in [2.75, 3.05) is 12.3 Å². The van der Waals surface area contributed by atoms with Crippen LogP contribution in [0.2, 0.25) is 5.02 Å². The number of aromatic nitrogens is 3. The van der Waals surface area contributed by atoms with Crippen molar-refractivity contribution in [3.63, 3.8) is 0 Å². The van der Waals surface area contributed by atoms with Crippen molar-refractivity contribution in [2.45, 2.75) is 32.1 Å². The lowest BCUT2D eigenvalue weighted by Gasteiger charge is -2.12. The lowest BCUT2D eigenvalue weighted by Crippen LogP contribution is -2.25. The molecule has 0 saturated heterocycles. The van der Waals surface area contributed by atoms with E-state index in [0.29, 0.717) is 39.3 Å². The van der Waals surface area contributed by atoms with Crippen LogP contribution in [0.15, 0.2) is 65.3 Å². The van der Waals surface area contributed by atoms with Crippen LogP contribution in [0, 0.1) is 0 Å². The molecule has 0 bridgehead atoms. The van der Waals surface area contributed by atoms with Gasteiger partial charge in [-0.15, -0.1) is 0 Å². The largest absolute Gasteiger partial charge is 0.383 e. The monoisotopic (exact) mass is 472 g/mol. The number of nitrogens with two attached hydrogens (primary N) is 1. The first-order valence-corrected chi connectivity index (χ1v) is 11.8. The summed E-state index contributed by atoms with van der Waals surface area (Å²) in [5.74, 6) is -0.0752. The van der Waals surface area contributed by atoms with E-state index in [1.807, 2.05) is 36.4 Å². The van der Waals surface area contributed by atoms with Crippen LogP contribution in [-0.2, 0) is 0 Å². The molecule has 8 heteroatoms. The maximum atomic E-state index is 13.2. The van der Waals surface area contributed by atoms with Crippen molar-refractivity contribution in [1.29, 1.82) is 0 Å². The molecule has 0 spiro atoms. The fourth-order valence-electron chi connectivity index (χ4n) is 4.22. The first kappa shape index (κ1) is 22.1. The van der Waals surface area contributed by atoms with E-state index in [1.54, 1.807) is 18.3 Å². The molecule has 0 unspecified atom stereocenters. The van der Waals surface area contributed by atoms with Gasteiger partial charge in [-0.25, -0.2) is 9.97 Å². The zero-order chi connectivity index (χ0) is 23.5. The molecule has 2 heterocycles. The SMILES string of the molecule is Nc1c(C(=O)NCCC2=CCCCC2)c2nc3ccccc3nc2n1/N=C\c1ccc(Cl)cc1. The van der Waals surface area contributed by atoms with E-state index in [0.717, 1.165) is 24.8 Å². The third-order valence-electron chi connectivity index (χ3n) is 6.01. The minimum Gasteiger partial charge on any atom is -0.383 e. The molecule has 0 radical (unpaired) electrons. The van der Waals surface area contributed by atoms with Crippen molar-refractivity contribution >= 4 is 51.7 Å². The smallest absolute Gasteiger partial charge is 0.257 e. The highest BCUT2D eigenvalue weighted by atomic mass is 35.5. The maximum absolute atomic E-state index is 13.2. The van der Waals surface area contributed by atoms with E-state index in [2.05, 4.69) is 16.5 Å². The van der Waals surface area contributed by atoms with Gasteiger partial charge < -0.3 is 11.1 Å². The number of hydrogen-bond acceptors (Lipinski definition) is 5. The number of rotatable bonds is 6. The first-order valence-electron chi connectivity index (χ1n) is 11.4. The second-order valence-electron chi connectivity index (χ2n) is 8.37. The topological polar surface area (TPSA) is 98.2 Å². The van der Waals surface area contributed by atoms with Crippen molar-refractivity contribution in [1.82, 2.24) is 20.0 Å². The highest BCUT2D eigenvalue weighted by molar-refractivity contribution is 6.30. The Bertz CT molecular complexity index is 1420. The van der Waals surface area contributed by atoms with E-state index in [1.165, 1.54) is 23.1 Å². The van der Waals surface area contributed by atoms with Crippen LogP contribution in [0.25, 0.3) is 22.2 Å². The molecule has 1 amide bonds. The Balaban J connectivity index is 1.51. The minimum absolute atomic E-state index is 0.199. The van der Waals surface area contributed by atoms with Crippen LogP contribution in [0.5, 0.6) is 0 Å². The Kier molecular flexibility index (Phi) is 6.27. The van der Waals surface area contributed by atoms with Gasteiger partial charge in [0.05, 0.1) is 17.2 Å². The summed E-state index contributed by atoms with van der Waals surface area (Å²) in [6, 6.07) is 14.8. The van der Waals surface area contributed by atoms with Gasteiger partial charge in [0.25, 0.3) is 5.91 Å². The molecular formula is C26H25ClN6O. The predicted octanol–water partition coefficient (Wildman–Crippen LogP) is 5.32. The van der Waals surface area contributed by atoms with Gasteiger partial charge in [-0.2, -0.15) is 9.78 Å². The average molecular weight is 473 g/mol. The van der Waals surface area contributed by atoms with E-state index in [4.69, 9.17) is 27.3 Å². The molecule has 0 atom stereocenters. The van der Waals surface area contributed by atoms with Gasteiger partial charge in [0.1, 0.15) is 16.9 Å². The minimum atomic E-state index is -0.274. The second kappa shape index (κ2) is 9.65. The Hall–Kier alpha value is -3.71. The molecule has 1 aliphatic rings. The van der Waals surface area contributed by atoms with E-state index in [-0.39, 0.29) is 11.7 Å². The number of benzene rings is 2. The van der Waals surface area contributed by atoms with Crippen LogP contribution < -0.4 is 11.1 Å². The summed E-state index contributed by atoms with van der Waals surface area (Å²) in [5.41, 5.74) is 11.2. The Morgan fingerprint density at radius 2 is 1.88 bits per heavy atom. The lowest BCUT2D eigenvalue weighted by atomic mass is 9.97. The summed E-state index contributed by atoms with van der Waals surface area (Å²) < 4.78 is 1.47. The normalized spacial score (nSPS) is 14.1. The lowest BCUT2D eigenvalue weighted by molar-refractivity contribution is 0.0956. The predicted molar refractivity (Wildman–Crippen MR) is 137 cm³/mol. The summed E-state index contributed by atoms with van der Waals surface area (Å²) in [5, 5.41) is 8.18. The van der Waals surface area contributed by atoms with Crippen molar-refractivity contribution < 1.29 is 4.79 Å². The molecular weight excluding hydrogens is 448 g/mol. The molecule has 5 rings (SSSR count). The standard InChI is InChI=1S/C26H25ClN6O/c27-19-12-10-18(11-13-19)16-30-33-24(28)22(26(34)29-15-14-17-6-2-1-3-7-17)23-25(33)32-21-9-5-4-8-20(21)31-23/h4-6,8-13,16H,1-3,7,14-15,28H2,(H,29,34)/b30-16-. The van der Waals surface area contributed by atoms with Crippen LogP contribution >= 0.6 is 11.6 Å². The number of hydrogen-bond donors (Lipinski definition) is 2. The molecule has 172 valence electrons. The van der Waals surface area contributed by atoms with E-state index in [9.17, 15) is 4.79 Å². The Morgan fingerprint density at radius 1 is 1.12 bits per heavy atom. The summed E-state index contributed by atoms with van der Waals surface area (Å²) in [6.45, 7) is 0.547.